The van der Waals surface area contributed by atoms with Gasteiger partial charge in [-0.05, 0) is 31.0 Å². The van der Waals surface area contributed by atoms with Gasteiger partial charge in [0.1, 0.15) is 0 Å². The van der Waals surface area contributed by atoms with Gasteiger partial charge in [0.05, 0.1) is 5.92 Å². The highest BCUT2D eigenvalue weighted by Crippen LogP contribution is 2.18. The van der Waals surface area contributed by atoms with Gasteiger partial charge < -0.3 is 11.1 Å². The predicted molar refractivity (Wildman–Crippen MR) is 74.9 cm³/mol. The fourth-order valence-electron chi connectivity index (χ4n) is 1.75. The summed E-state index contributed by atoms with van der Waals surface area (Å²) >= 11 is 0. The van der Waals surface area contributed by atoms with Gasteiger partial charge in [-0.1, -0.05) is 19.1 Å². The number of amides is 1. The van der Waals surface area contributed by atoms with Crippen LogP contribution in [0.3, 0.4) is 0 Å². The molecule has 0 aromatic heterocycles. The lowest BCUT2D eigenvalue weighted by Gasteiger charge is -2.18. The minimum Gasteiger partial charge on any atom is -0.399 e. The van der Waals surface area contributed by atoms with Gasteiger partial charge in [0.15, 0.2) is 0 Å². The molecule has 0 bridgehead atoms. The molecule has 3 heteroatoms. The van der Waals surface area contributed by atoms with Gasteiger partial charge in [0.2, 0.25) is 5.91 Å². The van der Waals surface area contributed by atoms with Crippen LogP contribution in [-0.4, -0.2) is 11.9 Å². The zero-order chi connectivity index (χ0) is 13.5. The Morgan fingerprint density at radius 3 is 2.83 bits per heavy atom. The molecule has 0 saturated heterocycles. The van der Waals surface area contributed by atoms with E-state index >= 15 is 0 Å². The first-order valence-electron chi connectivity index (χ1n) is 6.17. The van der Waals surface area contributed by atoms with E-state index in [1.807, 2.05) is 32.0 Å². The van der Waals surface area contributed by atoms with E-state index in [0.29, 0.717) is 12.1 Å². The monoisotopic (exact) mass is 244 g/mol. The molecule has 1 aromatic carbocycles. The molecule has 1 rings (SSSR count). The lowest BCUT2D eigenvalue weighted by molar-refractivity contribution is -0.122. The molecule has 3 N–H and O–H groups in total. The smallest absolute Gasteiger partial charge is 0.227 e. The maximum Gasteiger partial charge on any atom is 0.227 e. The van der Waals surface area contributed by atoms with Gasteiger partial charge in [-0.2, -0.15) is 0 Å². The number of hydrogen-bond acceptors (Lipinski definition) is 2. The van der Waals surface area contributed by atoms with E-state index in [1.54, 1.807) is 6.07 Å². The number of hydrogen-bond donors (Lipinski definition) is 2. The van der Waals surface area contributed by atoms with Gasteiger partial charge in [-0.3, -0.25) is 4.79 Å². The quantitative estimate of drug-likeness (QED) is 0.617. The molecular formula is C15H20N2O. The highest BCUT2D eigenvalue weighted by molar-refractivity contribution is 5.83. The summed E-state index contributed by atoms with van der Waals surface area (Å²) < 4.78 is 0. The molecule has 0 aliphatic rings. The molecule has 3 nitrogen and oxygen atoms in total. The van der Waals surface area contributed by atoms with Crippen LogP contribution in [0, 0.1) is 12.3 Å². The van der Waals surface area contributed by atoms with E-state index in [1.165, 1.54) is 0 Å². The molecule has 0 radical (unpaired) electrons. The Balaban J connectivity index is 2.69. The molecule has 0 fully saturated rings. The third-order valence-corrected chi connectivity index (χ3v) is 3.01. The van der Waals surface area contributed by atoms with Crippen LogP contribution < -0.4 is 11.1 Å². The largest absolute Gasteiger partial charge is 0.399 e. The molecule has 0 heterocycles. The molecular weight excluding hydrogens is 224 g/mol. The summed E-state index contributed by atoms with van der Waals surface area (Å²) in [7, 11) is 0. The first-order chi connectivity index (χ1) is 8.58. The summed E-state index contributed by atoms with van der Waals surface area (Å²) in [6.07, 6.45) is 6.66. The molecule has 0 spiro atoms. The van der Waals surface area contributed by atoms with Gasteiger partial charge in [-0.15, -0.1) is 12.3 Å². The second kappa shape index (κ2) is 6.70. The summed E-state index contributed by atoms with van der Waals surface area (Å²) in [5, 5.41) is 2.96. The average Bonchev–Trinajstić information content (AvgIpc) is 2.37. The average molecular weight is 244 g/mol. The van der Waals surface area contributed by atoms with Gasteiger partial charge in [0, 0.05) is 18.2 Å². The highest BCUT2D eigenvalue weighted by Gasteiger charge is 2.17. The van der Waals surface area contributed by atoms with Crippen molar-refractivity contribution in [3.05, 3.63) is 29.8 Å². The summed E-state index contributed by atoms with van der Waals surface area (Å²) in [4.78, 5) is 12.1. The molecule has 0 aliphatic carbocycles. The molecule has 0 saturated carbocycles. The maximum absolute atomic E-state index is 12.1. The van der Waals surface area contributed by atoms with Crippen molar-refractivity contribution in [3.8, 4) is 12.3 Å². The normalized spacial score (nSPS) is 13.4. The lowest BCUT2D eigenvalue weighted by Crippen LogP contribution is -2.36. The van der Waals surface area contributed by atoms with E-state index in [-0.39, 0.29) is 17.9 Å². The van der Waals surface area contributed by atoms with Crippen molar-refractivity contribution in [2.75, 3.05) is 5.73 Å². The minimum atomic E-state index is -0.222. The topological polar surface area (TPSA) is 55.1 Å². The standard InChI is InChI=1S/C15H20N2O/c1-4-7-14(5-2)17-15(18)11(3)12-8-6-9-13(16)10-12/h1,6,8-11,14H,5,7,16H2,2-3H3,(H,17,18). The fourth-order valence-corrected chi connectivity index (χ4v) is 1.75. The van der Waals surface area contributed by atoms with Crippen LogP contribution in [0.1, 0.15) is 38.2 Å². The van der Waals surface area contributed by atoms with Crippen molar-refractivity contribution in [3.63, 3.8) is 0 Å². The number of nitrogen functional groups attached to an aromatic ring is 1. The first-order valence-corrected chi connectivity index (χ1v) is 6.17. The number of nitrogens with two attached hydrogens (primary N) is 1. The molecule has 1 aromatic rings. The van der Waals surface area contributed by atoms with Crippen molar-refractivity contribution in [1.29, 1.82) is 0 Å². The Hall–Kier alpha value is -1.95. The SMILES string of the molecule is C#CCC(CC)NC(=O)C(C)c1cccc(N)c1. The number of anilines is 1. The van der Waals surface area contributed by atoms with Crippen LogP contribution in [-0.2, 0) is 4.79 Å². The molecule has 2 atom stereocenters. The summed E-state index contributed by atoms with van der Waals surface area (Å²) in [6, 6.07) is 7.44. The Morgan fingerprint density at radius 1 is 1.56 bits per heavy atom. The van der Waals surface area contributed by atoms with Crippen molar-refractivity contribution in [1.82, 2.24) is 5.32 Å². The van der Waals surface area contributed by atoms with Crippen molar-refractivity contribution in [2.24, 2.45) is 0 Å². The number of nitrogens with one attached hydrogen (secondary N) is 1. The summed E-state index contributed by atoms with van der Waals surface area (Å²) in [5.41, 5.74) is 7.30. The number of terminal acetylenes is 1. The second-order valence-corrected chi connectivity index (χ2v) is 4.41. The Labute approximate surface area is 109 Å². The lowest BCUT2D eigenvalue weighted by atomic mass is 9.99. The van der Waals surface area contributed by atoms with Gasteiger partial charge in [0.25, 0.3) is 0 Å². The highest BCUT2D eigenvalue weighted by atomic mass is 16.1. The molecule has 96 valence electrons. The zero-order valence-electron chi connectivity index (χ0n) is 10.9. The minimum absolute atomic E-state index is 0.0114. The predicted octanol–water partition coefficient (Wildman–Crippen LogP) is 2.29. The van der Waals surface area contributed by atoms with Crippen LogP contribution in [0.5, 0.6) is 0 Å². The zero-order valence-corrected chi connectivity index (χ0v) is 10.9. The molecule has 18 heavy (non-hydrogen) atoms. The van der Waals surface area contributed by atoms with Crippen molar-refractivity contribution in [2.45, 2.75) is 38.6 Å². The van der Waals surface area contributed by atoms with Crippen LogP contribution in [0.2, 0.25) is 0 Å². The molecule has 1 amide bonds. The fraction of sp³-hybridized carbons (Fsp3) is 0.400. The molecule has 2 unspecified atom stereocenters. The van der Waals surface area contributed by atoms with Crippen LogP contribution in [0.25, 0.3) is 0 Å². The van der Waals surface area contributed by atoms with E-state index in [9.17, 15) is 4.79 Å². The van der Waals surface area contributed by atoms with Gasteiger partial charge in [-0.25, -0.2) is 0 Å². The van der Waals surface area contributed by atoms with Crippen LogP contribution >= 0.6 is 0 Å². The van der Waals surface area contributed by atoms with Crippen molar-refractivity contribution >= 4 is 11.6 Å². The van der Waals surface area contributed by atoms with E-state index in [2.05, 4.69) is 11.2 Å². The third kappa shape index (κ3) is 3.81. The van der Waals surface area contributed by atoms with Crippen molar-refractivity contribution < 1.29 is 4.79 Å². The van der Waals surface area contributed by atoms with E-state index in [0.717, 1.165) is 12.0 Å². The first kappa shape index (κ1) is 14.1. The molecule has 0 aliphatic heterocycles. The second-order valence-electron chi connectivity index (χ2n) is 4.41. The summed E-state index contributed by atoms with van der Waals surface area (Å²) in [6.45, 7) is 3.88. The summed E-state index contributed by atoms with van der Waals surface area (Å²) in [5.74, 6) is 2.34. The number of carbonyl (C=O) groups is 1. The number of benzene rings is 1. The number of rotatable bonds is 5. The Bertz CT molecular complexity index is 448. The van der Waals surface area contributed by atoms with E-state index < -0.39 is 0 Å². The number of carbonyl (C=O) groups excluding carboxylic acids is 1. The third-order valence-electron chi connectivity index (χ3n) is 3.01. The van der Waals surface area contributed by atoms with Crippen LogP contribution in [0.15, 0.2) is 24.3 Å². The Morgan fingerprint density at radius 2 is 2.28 bits per heavy atom. The maximum atomic E-state index is 12.1. The van der Waals surface area contributed by atoms with Crippen LogP contribution in [0.4, 0.5) is 5.69 Å². The van der Waals surface area contributed by atoms with E-state index in [4.69, 9.17) is 12.2 Å². The Kier molecular flexibility index (Phi) is 5.26. The van der Waals surface area contributed by atoms with Gasteiger partial charge >= 0.3 is 0 Å².